The number of carboxylic acids is 1. The molecule has 0 bridgehead atoms. The topological polar surface area (TPSA) is 83.9 Å². The van der Waals surface area contributed by atoms with Crippen LogP contribution in [-0.4, -0.2) is 49.6 Å². The zero-order chi connectivity index (χ0) is 17.4. The highest BCUT2D eigenvalue weighted by atomic mass is 32.2. The first-order valence-corrected chi connectivity index (χ1v) is 9.02. The number of sulfonamides is 1. The molecule has 1 N–H and O–H groups in total. The molecule has 0 saturated carbocycles. The predicted molar refractivity (Wildman–Crippen MR) is 86.1 cm³/mol. The Bertz CT molecular complexity index is 698. The number of carboxylic acid groups (broad SMARTS) is 1. The minimum absolute atomic E-state index is 0.0815. The molecule has 6 nitrogen and oxygen atoms in total. The van der Waals surface area contributed by atoms with Crippen LogP contribution in [0.1, 0.15) is 36.2 Å². The minimum Gasteiger partial charge on any atom is -0.478 e. The highest BCUT2D eigenvalue weighted by Crippen LogP contribution is 2.33. The maximum atomic E-state index is 13.0. The lowest BCUT2D eigenvalue weighted by atomic mass is 10.0. The van der Waals surface area contributed by atoms with Gasteiger partial charge in [0.05, 0.1) is 22.6 Å². The summed E-state index contributed by atoms with van der Waals surface area (Å²) >= 11 is 0. The predicted octanol–water partition coefficient (Wildman–Crippen LogP) is 2.13. The van der Waals surface area contributed by atoms with Crippen molar-refractivity contribution in [3.63, 3.8) is 0 Å². The van der Waals surface area contributed by atoms with Crippen LogP contribution < -0.4 is 0 Å². The molecular weight excluding hydrogens is 318 g/mol. The van der Waals surface area contributed by atoms with E-state index in [9.17, 15) is 13.2 Å². The summed E-state index contributed by atoms with van der Waals surface area (Å²) < 4.78 is 33.0. The summed E-state index contributed by atoms with van der Waals surface area (Å²) in [5, 5.41) is 9.02. The normalized spacial score (nSPS) is 22.7. The van der Waals surface area contributed by atoms with Gasteiger partial charge in [-0.15, -0.1) is 0 Å². The van der Waals surface area contributed by atoms with Crippen LogP contribution in [0.15, 0.2) is 23.1 Å². The molecule has 0 aromatic heterocycles. The van der Waals surface area contributed by atoms with Gasteiger partial charge in [0.2, 0.25) is 10.0 Å². The molecule has 1 saturated heterocycles. The minimum atomic E-state index is -3.69. The molecule has 0 amide bonds. The van der Waals surface area contributed by atoms with Crippen molar-refractivity contribution >= 4 is 16.0 Å². The van der Waals surface area contributed by atoms with Crippen LogP contribution in [0.5, 0.6) is 0 Å². The van der Waals surface area contributed by atoms with E-state index in [4.69, 9.17) is 9.84 Å². The van der Waals surface area contributed by atoms with Crippen LogP contribution in [0.3, 0.4) is 0 Å². The fourth-order valence-corrected chi connectivity index (χ4v) is 5.26. The Labute approximate surface area is 137 Å². The summed E-state index contributed by atoms with van der Waals surface area (Å²) in [4.78, 5) is 11.2. The highest BCUT2D eigenvalue weighted by molar-refractivity contribution is 7.89. The summed E-state index contributed by atoms with van der Waals surface area (Å²) in [6.45, 7) is 5.98. The molecule has 7 heteroatoms. The first-order valence-electron chi connectivity index (χ1n) is 7.58. The van der Waals surface area contributed by atoms with Crippen LogP contribution in [0.25, 0.3) is 0 Å². The first kappa shape index (κ1) is 17.9. The monoisotopic (exact) mass is 341 g/mol. The Balaban J connectivity index is 2.44. The summed E-state index contributed by atoms with van der Waals surface area (Å²) in [5.74, 6) is -0.950. The zero-order valence-electron chi connectivity index (χ0n) is 13.8. The molecule has 0 radical (unpaired) electrons. The van der Waals surface area contributed by atoms with E-state index >= 15 is 0 Å². The molecule has 1 aliphatic rings. The van der Waals surface area contributed by atoms with E-state index in [0.717, 1.165) is 0 Å². The van der Waals surface area contributed by atoms with Crippen molar-refractivity contribution in [1.82, 2.24) is 4.31 Å². The molecule has 0 spiro atoms. The molecule has 1 heterocycles. The van der Waals surface area contributed by atoms with Gasteiger partial charge in [0, 0.05) is 13.7 Å². The van der Waals surface area contributed by atoms with Crippen LogP contribution in [-0.2, 0) is 14.8 Å². The maximum Gasteiger partial charge on any atom is 0.335 e. The van der Waals surface area contributed by atoms with Crippen LogP contribution >= 0.6 is 0 Å². The number of hydrogen-bond acceptors (Lipinski definition) is 4. The van der Waals surface area contributed by atoms with Crippen molar-refractivity contribution in [1.29, 1.82) is 0 Å². The van der Waals surface area contributed by atoms with Crippen molar-refractivity contribution in [3.05, 3.63) is 29.3 Å². The summed E-state index contributed by atoms with van der Waals surface area (Å²) in [6.07, 6.45) is 0.536. The molecule has 23 heavy (non-hydrogen) atoms. The molecule has 0 aliphatic carbocycles. The Hall–Kier alpha value is -1.44. The summed E-state index contributed by atoms with van der Waals surface area (Å²) in [7, 11) is -2.09. The lowest BCUT2D eigenvalue weighted by molar-refractivity contribution is 0.0643. The van der Waals surface area contributed by atoms with Crippen LogP contribution in [0.4, 0.5) is 0 Å². The number of rotatable bonds is 5. The number of aryl methyl sites for hydroxylation is 1. The van der Waals surface area contributed by atoms with Crippen LogP contribution in [0.2, 0.25) is 0 Å². The zero-order valence-corrected chi connectivity index (χ0v) is 14.6. The number of aromatic carboxylic acids is 1. The highest BCUT2D eigenvalue weighted by Gasteiger charge is 2.43. The average Bonchev–Trinajstić information content (AvgIpc) is 2.91. The molecule has 0 unspecified atom stereocenters. The van der Waals surface area contributed by atoms with E-state index in [1.54, 1.807) is 14.0 Å². The van der Waals surface area contributed by atoms with Gasteiger partial charge < -0.3 is 9.84 Å². The number of hydrogen-bond donors (Lipinski definition) is 1. The van der Waals surface area contributed by atoms with Gasteiger partial charge in [-0.25, -0.2) is 13.2 Å². The van der Waals surface area contributed by atoms with E-state index in [1.807, 2.05) is 13.8 Å². The molecule has 1 aliphatic heterocycles. The van der Waals surface area contributed by atoms with Gasteiger partial charge in [-0.2, -0.15) is 4.31 Å². The number of ether oxygens (including phenoxy) is 1. The van der Waals surface area contributed by atoms with E-state index in [1.165, 1.54) is 22.5 Å². The van der Waals surface area contributed by atoms with Gasteiger partial charge in [0.25, 0.3) is 0 Å². The number of benzene rings is 1. The maximum absolute atomic E-state index is 13.0. The Morgan fingerprint density at radius 1 is 1.39 bits per heavy atom. The Morgan fingerprint density at radius 2 is 2.04 bits per heavy atom. The van der Waals surface area contributed by atoms with Crippen molar-refractivity contribution in [2.24, 2.45) is 5.92 Å². The molecular formula is C16H23NO5S. The standard InChI is InChI=1S/C16H23NO5S/c1-10(2)15-13(22-4)7-8-17(15)23(20,21)14-6-5-12(16(18)19)9-11(14)3/h5-6,9-10,13,15H,7-8H2,1-4H3,(H,18,19)/t13-,15-/m1/s1. The van der Waals surface area contributed by atoms with Crippen molar-refractivity contribution in [3.8, 4) is 0 Å². The van der Waals surface area contributed by atoms with Crippen molar-refractivity contribution in [2.75, 3.05) is 13.7 Å². The molecule has 2 atom stereocenters. The SMILES string of the molecule is CO[C@@H]1CCN(S(=O)(=O)c2ccc(C(=O)O)cc2C)[C@@H]1C(C)C. The van der Waals surface area contributed by atoms with Gasteiger partial charge >= 0.3 is 5.97 Å². The van der Waals surface area contributed by atoms with E-state index in [-0.39, 0.29) is 28.5 Å². The second-order valence-corrected chi connectivity index (χ2v) is 8.06. The Kier molecular flexibility index (Phi) is 5.13. The van der Waals surface area contributed by atoms with Gasteiger partial charge in [0.1, 0.15) is 0 Å². The number of carbonyl (C=O) groups is 1. The lowest BCUT2D eigenvalue weighted by Crippen LogP contribution is -2.43. The van der Waals surface area contributed by atoms with Crippen molar-refractivity contribution < 1.29 is 23.1 Å². The summed E-state index contributed by atoms with van der Waals surface area (Å²) in [5.41, 5.74) is 0.520. The van der Waals surface area contributed by atoms with E-state index < -0.39 is 16.0 Å². The lowest BCUT2D eigenvalue weighted by Gasteiger charge is -2.30. The molecule has 128 valence electrons. The average molecular weight is 341 g/mol. The third-order valence-corrected chi connectivity index (χ3v) is 6.40. The number of nitrogens with zero attached hydrogens (tertiary/aromatic N) is 1. The van der Waals surface area contributed by atoms with E-state index in [0.29, 0.717) is 18.5 Å². The van der Waals surface area contributed by atoms with Gasteiger partial charge in [-0.1, -0.05) is 13.8 Å². The smallest absolute Gasteiger partial charge is 0.335 e. The Morgan fingerprint density at radius 3 is 2.52 bits per heavy atom. The van der Waals surface area contributed by atoms with Crippen LogP contribution in [0, 0.1) is 12.8 Å². The van der Waals surface area contributed by atoms with E-state index in [2.05, 4.69) is 0 Å². The molecule has 1 fully saturated rings. The quantitative estimate of drug-likeness (QED) is 0.887. The third-order valence-electron chi connectivity index (χ3n) is 4.34. The molecule has 1 aromatic rings. The molecule has 1 aromatic carbocycles. The fourth-order valence-electron chi connectivity index (χ4n) is 3.26. The molecule has 2 rings (SSSR count). The first-order chi connectivity index (χ1) is 10.7. The van der Waals surface area contributed by atoms with Gasteiger partial charge in [-0.3, -0.25) is 0 Å². The van der Waals surface area contributed by atoms with Crippen molar-refractivity contribution in [2.45, 2.75) is 44.2 Å². The second-order valence-electron chi connectivity index (χ2n) is 6.20. The fraction of sp³-hybridized carbons (Fsp3) is 0.562. The van der Waals surface area contributed by atoms with Gasteiger partial charge in [0.15, 0.2) is 0 Å². The largest absolute Gasteiger partial charge is 0.478 e. The third kappa shape index (κ3) is 3.27. The van der Waals surface area contributed by atoms with Gasteiger partial charge in [-0.05, 0) is 43.0 Å². The second kappa shape index (κ2) is 6.59. The summed E-state index contributed by atoms with van der Waals surface area (Å²) in [6, 6.07) is 3.88. The number of methoxy groups -OCH3 is 1.